The van der Waals surface area contributed by atoms with E-state index in [0.717, 1.165) is 0 Å². The molecule has 4 nitrogen and oxygen atoms in total. The number of hydrogen-bond acceptors (Lipinski definition) is 4. The zero-order valence-corrected chi connectivity index (χ0v) is 7.70. The van der Waals surface area contributed by atoms with Crippen LogP contribution in [0.25, 0.3) is 0 Å². The van der Waals surface area contributed by atoms with Crippen molar-refractivity contribution in [2.75, 3.05) is 18.5 Å². The van der Waals surface area contributed by atoms with Gasteiger partial charge in [-0.2, -0.15) is 0 Å². The minimum atomic E-state index is -2.49. The Bertz CT molecular complexity index is 283. The maximum absolute atomic E-state index is 11.8. The summed E-state index contributed by atoms with van der Waals surface area (Å²) in [6, 6.07) is 1.48. The average molecular weight is 203 g/mol. The van der Waals surface area contributed by atoms with Gasteiger partial charge in [-0.05, 0) is 6.92 Å². The maximum atomic E-state index is 11.8. The highest BCUT2D eigenvalue weighted by atomic mass is 19.3. The molecule has 1 aromatic heterocycles. The number of ether oxygens (including phenoxy) is 1. The maximum Gasteiger partial charge on any atom is 0.272 e. The van der Waals surface area contributed by atoms with Crippen LogP contribution >= 0.6 is 0 Å². The molecule has 14 heavy (non-hydrogen) atoms. The third-order valence-corrected chi connectivity index (χ3v) is 1.36. The second-order valence-corrected chi connectivity index (χ2v) is 2.47. The van der Waals surface area contributed by atoms with Crippen molar-refractivity contribution in [2.24, 2.45) is 0 Å². The van der Waals surface area contributed by atoms with E-state index < -0.39 is 13.0 Å². The Labute approximate surface area is 80.3 Å². The first-order valence-corrected chi connectivity index (χ1v) is 4.19. The van der Waals surface area contributed by atoms with E-state index in [1.807, 2.05) is 6.92 Å². The van der Waals surface area contributed by atoms with Crippen LogP contribution in [0.4, 0.5) is 14.6 Å². The molecule has 1 rings (SSSR count). The van der Waals surface area contributed by atoms with Crippen LogP contribution in [-0.4, -0.2) is 29.5 Å². The van der Waals surface area contributed by atoms with E-state index in [4.69, 9.17) is 4.74 Å². The van der Waals surface area contributed by atoms with Gasteiger partial charge < -0.3 is 10.1 Å². The number of anilines is 1. The third kappa shape index (κ3) is 3.51. The van der Waals surface area contributed by atoms with Crippen LogP contribution < -0.4 is 10.1 Å². The number of hydrogen-bond donors (Lipinski definition) is 1. The van der Waals surface area contributed by atoms with Crippen molar-refractivity contribution in [2.45, 2.75) is 13.3 Å². The van der Waals surface area contributed by atoms with Crippen molar-refractivity contribution in [1.29, 1.82) is 0 Å². The van der Waals surface area contributed by atoms with E-state index in [9.17, 15) is 8.78 Å². The van der Waals surface area contributed by atoms with Crippen molar-refractivity contribution < 1.29 is 13.5 Å². The Morgan fingerprint density at radius 1 is 1.50 bits per heavy atom. The summed E-state index contributed by atoms with van der Waals surface area (Å²) in [6.07, 6.45) is -1.23. The van der Waals surface area contributed by atoms with Gasteiger partial charge in [-0.15, -0.1) is 0 Å². The number of nitrogens with zero attached hydrogens (tertiary/aromatic N) is 2. The fourth-order valence-electron chi connectivity index (χ4n) is 0.845. The van der Waals surface area contributed by atoms with Gasteiger partial charge in [0.15, 0.2) is 6.61 Å². The zero-order valence-electron chi connectivity index (χ0n) is 7.70. The van der Waals surface area contributed by atoms with Gasteiger partial charge in [0.25, 0.3) is 6.43 Å². The van der Waals surface area contributed by atoms with Crippen molar-refractivity contribution in [1.82, 2.24) is 9.97 Å². The Kier molecular flexibility index (Phi) is 4.03. The van der Waals surface area contributed by atoms with E-state index >= 15 is 0 Å². The van der Waals surface area contributed by atoms with Crippen LogP contribution in [0.3, 0.4) is 0 Å². The summed E-state index contributed by atoms with van der Waals surface area (Å²) in [7, 11) is 0. The molecule has 0 aromatic carbocycles. The quantitative estimate of drug-likeness (QED) is 0.788. The number of aromatic nitrogens is 2. The van der Waals surface area contributed by atoms with Gasteiger partial charge in [-0.3, -0.25) is 0 Å². The van der Waals surface area contributed by atoms with Crippen LogP contribution in [0, 0.1) is 0 Å². The molecule has 0 aliphatic rings. The summed E-state index contributed by atoms with van der Waals surface area (Å²) >= 11 is 0. The SMILES string of the molecule is CCNc1cc(OCC(F)F)ncn1. The van der Waals surface area contributed by atoms with E-state index in [1.54, 1.807) is 0 Å². The highest BCUT2D eigenvalue weighted by Crippen LogP contribution is 2.11. The molecule has 0 aliphatic carbocycles. The van der Waals surface area contributed by atoms with Gasteiger partial charge in [-0.1, -0.05) is 0 Å². The van der Waals surface area contributed by atoms with E-state index in [0.29, 0.717) is 12.4 Å². The highest BCUT2D eigenvalue weighted by molar-refractivity contribution is 5.36. The largest absolute Gasteiger partial charge is 0.471 e. The van der Waals surface area contributed by atoms with Gasteiger partial charge in [0.05, 0.1) is 0 Å². The Morgan fingerprint density at radius 3 is 2.93 bits per heavy atom. The third-order valence-electron chi connectivity index (χ3n) is 1.36. The Balaban J connectivity index is 2.54. The highest BCUT2D eigenvalue weighted by Gasteiger charge is 2.04. The lowest BCUT2D eigenvalue weighted by Crippen LogP contribution is -2.08. The van der Waals surface area contributed by atoms with Crippen molar-refractivity contribution in [3.05, 3.63) is 12.4 Å². The predicted molar refractivity (Wildman–Crippen MR) is 47.7 cm³/mol. The van der Waals surface area contributed by atoms with E-state index in [-0.39, 0.29) is 5.88 Å². The molecule has 0 radical (unpaired) electrons. The van der Waals surface area contributed by atoms with Crippen molar-refractivity contribution in [3.8, 4) is 5.88 Å². The summed E-state index contributed by atoms with van der Waals surface area (Å²) < 4.78 is 28.3. The lowest BCUT2D eigenvalue weighted by molar-refractivity contribution is 0.0795. The van der Waals surface area contributed by atoms with Crippen LogP contribution in [-0.2, 0) is 0 Å². The Morgan fingerprint density at radius 2 is 2.29 bits per heavy atom. The fraction of sp³-hybridized carbons (Fsp3) is 0.500. The normalized spacial score (nSPS) is 10.3. The molecule has 0 atom stereocenters. The predicted octanol–water partition coefficient (Wildman–Crippen LogP) is 1.55. The lowest BCUT2D eigenvalue weighted by Gasteiger charge is -2.05. The number of halogens is 2. The van der Waals surface area contributed by atoms with Gasteiger partial charge in [0.2, 0.25) is 5.88 Å². The topological polar surface area (TPSA) is 47.0 Å². The molecule has 0 spiro atoms. The standard InChI is InChI=1S/C8H11F2N3O/c1-2-11-7-3-8(13-5-12-7)14-4-6(9)10/h3,5-6H,2,4H2,1H3,(H,11,12,13). The number of nitrogens with one attached hydrogen (secondary N) is 1. The number of rotatable bonds is 5. The zero-order chi connectivity index (χ0) is 10.4. The summed E-state index contributed by atoms with van der Waals surface area (Å²) in [6.45, 7) is 1.95. The van der Waals surface area contributed by atoms with Crippen LogP contribution in [0.5, 0.6) is 5.88 Å². The van der Waals surface area contributed by atoms with E-state index in [1.165, 1.54) is 12.4 Å². The van der Waals surface area contributed by atoms with E-state index in [2.05, 4.69) is 15.3 Å². The molecule has 0 bridgehead atoms. The van der Waals surface area contributed by atoms with Gasteiger partial charge in [0, 0.05) is 12.6 Å². The molecule has 0 saturated heterocycles. The number of alkyl halides is 2. The van der Waals surface area contributed by atoms with Gasteiger partial charge in [-0.25, -0.2) is 18.7 Å². The molecular formula is C8H11F2N3O. The van der Waals surface area contributed by atoms with Crippen molar-refractivity contribution >= 4 is 5.82 Å². The molecular weight excluding hydrogens is 192 g/mol. The summed E-state index contributed by atoms with van der Waals surface area (Å²) in [5.74, 6) is 0.711. The molecule has 1 N–H and O–H groups in total. The first kappa shape index (κ1) is 10.6. The smallest absolute Gasteiger partial charge is 0.272 e. The van der Waals surface area contributed by atoms with Crippen molar-refractivity contribution in [3.63, 3.8) is 0 Å². The lowest BCUT2D eigenvalue weighted by atomic mass is 10.5. The molecule has 0 saturated carbocycles. The molecule has 6 heteroatoms. The monoisotopic (exact) mass is 203 g/mol. The second-order valence-electron chi connectivity index (χ2n) is 2.47. The molecule has 0 amide bonds. The first-order chi connectivity index (χ1) is 6.72. The Hall–Kier alpha value is -1.46. The second kappa shape index (κ2) is 5.31. The fourth-order valence-corrected chi connectivity index (χ4v) is 0.845. The molecule has 1 heterocycles. The molecule has 1 aromatic rings. The summed E-state index contributed by atoms with van der Waals surface area (Å²) in [5.41, 5.74) is 0. The minimum absolute atomic E-state index is 0.149. The van der Waals surface area contributed by atoms with Crippen LogP contribution in [0.15, 0.2) is 12.4 Å². The van der Waals surface area contributed by atoms with Crippen LogP contribution in [0.2, 0.25) is 0 Å². The minimum Gasteiger partial charge on any atom is -0.471 e. The average Bonchev–Trinajstić information content (AvgIpc) is 2.16. The van der Waals surface area contributed by atoms with Gasteiger partial charge >= 0.3 is 0 Å². The summed E-state index contributed by atoms with van der Waals surface area (Å²) in [5, 5.41) is 2.92. The summed E-state index contributed by atoms with van der Waals surface area (Å²) in [4.78, 5) is 7.55. The van der Waals surface area contributed by atoms with Crippen LogP contribution in [0.1, 0.15) is 6.92 Å². The molecule has 0 fully saturated rings. The molecule has 0 aliphatic heterocycles. The molecule has 78 valence electrons. The molecule has 0 unspecified atom stereocenters. The van der Waals surface area contributed by atoms with Gasteiger partial charge in [0.1, 0.15) is 12.1 Å². The first-order valence-electron chi connectivity index (χ1n) is 4.19.